The number of benzene rings is 1. The SMILES string of the molecule is Nc1ncnc(NCCc2ccccc2)c1[N+](=O)[O-]. The number of nitrogens with zero attached hydrogens (tertiary/aromatic N) is 3. The summed E-state index contributed by atoms with van der Waals surface area (Å²) in [6, 6.07) is 9.81. The lowest BCUT2D eigenvalue weighted by molar-refractivity contribution is -0.383. The third kappa shape index (κ3) is 3.15. The van der Waals surface area contributed by atoms with Crippen molar-refractivity contribution in [3.8, 4) is 0 Å². The van der Waals surface area contributed by atoms with E-state index in [-0.39, 0.29) is 17.3 Å². The van der Waals surface area contributed by atoms with Gasteiger partial charge in [0.25, 0.3) is 0 Å². The number of nitrogens with two attached hydrogens (primary N) is 1. The number of nitro groups is 1. The molecule has 98 valence electrons. The Morgan fingerprint density at radius 3 is 2.68 bits per heavy atom. The van der Waals surface area contributed by atoms with Crippen LogP contribution in [-0.4, -0.2) is 21.4 Å². The molecule has 0 bridgehead atoms. The molecule has 2 rings (SSSR count). The molecule has 0 saturated carbocycles. The van der Waals surface area contributed by atoms with Crippen molar-refractivity contribution in [3.63, 3.8) is 0 Å². The molecule has 1 aromatic carbocycles. The van der Waals surface area contributed by atoms with Crippen molar-refractivity contribution < 1.29 is 4.92 Å². The fourth-order valence-corrected chi connectivity index (χ4v) is 1.67. The summed E-state index contributed by atoms with van der Waals surface area (Å²) in [6.07, 6.45) is 1.94. The monoisotopic (exact) mass is 259 g/mol. The Kier molecular flexibility index (Phi) is 3.87. The van der Waals surface area contributed by atoms with Crippen LogP contribution in [0.2, 0.25) is 0 Å². The van der Waals surface area contributed by atoms with Crippen LogP contribution in [0.5, 0.6) is 0 Å². The maximum Gasteiger partial charge on any atom is 0.352 e. The zero-order valence-electron chi connectivity index (χ0n) is 10.1. The highest BCUT2D eigenvalue weighted by atomic mass is 16.6. The van der Waals surface area contributed by atoms with Crippen molar-refractivity contribution in [2.75, 3.05) is 17.6 Å². The first-order chi connectivity index (χ1) is 9.18. The van der Waals surface area contributed by atoms with Gasteiger partial charge in [0, 0.05) is 6.54 Å². The molecule has 0 aliphatic rings. The molecule has 0 unspecified atom stereocenters. The summed E-state index contributed by atoms with van der Waals surface area (Å²) in [5.41, 5.74) is 6.33. The maximum absolute atomic E-state index is 10.9. The number of anilines is 2. The lowest BCUT2D eigenvalue weighted by atomic mass is 10.1. The van der Waals surface area contributed by atoms with Crippen LogP contribution in [0.25, 0.3) is 0 Å². The van der Waals surface area contributed by atoms with Crippen molar-refractivity contribution in [2.45, 2.75) is 6.42 Å². The highest BCUT2D eigenvalue weighted by Gasteiger charge is 2.20. The molecule has 7 nitrogen and oxygen atoms in total. The third-order valence-electron chi connectivity index (χ3n) is 2.58. The first-order valence-corrected chi connectivity index (χ1v) is 5.71. The van der Waals surface area contributed by atoms with Gasteiger partial charge in [0.1, 0.15) is 6.33 Å². The van der Waals surface area contributed by atoms with Crippen LogP contribution >= 0.6 is 0 Å². The zero-order chi connectivity index (χ0) is 13.7. The lowest BCUT2D eigenvalue weighted by Crippen LogP contribution is -2.10. The van der Waals surface area contributed by atoms with Crippen LogP contribution in [0.1, 0.15) is 5.56 Å². The third-order valence-corrected chi connectivity index (χ3v) is 2.58. The summed E-state index contributed by atoms with van der Waals surface area (Å²) in [5.74, 6) is 0.00985. The van der Waals surface area contributed by atoms with E-state index in [0.29, 0.717) is 6.54 Å². The molecule has 1 aromatic heterocycles. The molecule has 3 N–H and O–H groups in total. The topological polar surface area (TPSA) is 107 Å². The predicted molar refractivity (Wildman–Crippen MR) is 71.7 cm³/mol. The minimum absolute atomic E-state index is 0.137. The van der Waals surface area contributed by atoms with Crippen molar-refractivity contribution in [1.29, 1.82) is 0 Å². The molecule has 0 aliphatic heterocycles. The minimum Gasteiger partial charge on any atom is -0.378 e. The molecule has 7 heteroatoms. The standard InChI is InChI=1S/C12H13N5O2/c13-11-10(17(18)19)12(16-8-15-11)14-7-6-9-4-2-1-3-5-9/h1-5,8H,6-7H2,(H3,13,14,15,16). The summed E-state index contributed by atoms with van der Waals surface area (Å²) in [5, 5.41) is 13.8. The summed E-state index contributed by atoms with van der Waals surface area (Å²) < 4.78 is 0. The molecule has 0 fully saturated rings. The molecule has 19 heavy (non-hydrogen) atoms. The van der Waals surface area contributed by atoms with E-state index < -0.39 is 4.92 Å². The van der Waals surface area contributed by atoms with Crippen LogP contribution in [0.15, 0.2) is 36.7 Å². The molecule has 2 aromatic rings. The molecule has 0 amide bonds. The average Bonchev–Trinajstić information content (AvgIpc) is 2.39. The van der Waals surface area contributed by atoms with E-state index in [1.807, 2.05) is 30.3 Å². The van der Waals surface area contributed by atoms with Crippen LogP contribution in [0.4, 0.5) is 17.3 Å². The molecular formula is C12H13N5O2. The number of hydrogen-bond donors (Lipinski definition) is 2. The van der Waals surface area contributed by atoms with E-state index in [2.05, 4.69) is 15.3 Å². The molecule has 1 heterocycles. The van der Waals surface area contributed by atoms with E-state index >= 15 is 0 Å². The van der Waals surface area contributed by atoms with Gasteiger partial charge in [-0.3, -0.25) is 10.1 Å². The van der Waals surface area contributed by atoms with Gasteiger partial charge in [0.05, 0.1) is 4.92 Å². The first-order valence-electron chi connectivity index (χ1n) is 5.71. The zero-order valence-corrected chi connectivity index (χ0v) is 10.1. The summed E-state index contributed by atoms with van der Waals surface area (Å²) in [4.78, 5) is 17.8. The number of nitrogen functional groups attached to an aromatic ring is 1. The van der Waals surface area contributed by atoms with Gasteiger partial charge in [-0.2, -0.15) is 0 Å². The average molecular weight is 259 g/mol. The van der Waals surface area contributed by atoms with Gasteiger partial charge < -0.3 is 11.1 Å². The smallest absolute Gasteiger partial charge is 0.352 e. The van der Waals surface area contributed by atoms with Crippen molar-refractivity contribution >= 4 is 17.3 Å². The van der Waals surface area contributed by atoms with E-state index in [1.165, 1.54) is 6.33 Å². The van der Waals surface area contributed by atoms with Gasteiger partial charge in [-0.1, -0.05) is 30.3 Å². The van der Waals surface area contributed by atoms with Crippen LogP contribution < -0.4 is 11.1 Å². The molecule has 0 aliphatic carbocycles. The van der Waals surface area contributed by atoms with Gasteiger partial charge in [0.2, 0.25) is 11.6 Å². The van der Waals surface area contributed by atoms with E-state index in [0.717, 1.165) is 12.0 Å². The Morgan fingerprint density at radius 2 is 2.00 bits per heavy atom. The van der Waals surface area contributed by atoms with E-state index in [9.17, 15) is 10.1 Å². The maximum atomic E-state index is 10.9. The van der Waals surface area contributed by atoms with Crippen LogP contribution in [-0.2, 0) is 6.42 Å². The molecule has 0 spiro atoms. The van der Waals surface area contributed by atoms with Crippen LogP contribution in [0.3, 0.4) is 0 Å². The normalized spacial score (nSPS) is 10.1. The van der Waals surface area contributed by atoms with E-state index in [4.69, 9.17) is 5.73 Å². The van der Waals surface area contributed by atoms with Crippen molar-refractivity contribution in [1.82, 2.24) is 9.97 Å². The second kappa shape index (κ2) is 5.76. The molecule has 0 saturated heterocycles. The van der Waals surface area contributed by atoms with Gasteiger partial charge in [-0.25, -0.2) is 9.97 Å². The van der Waals surface area contributed by atoms with Crippen LogP contribution in [0, 0.1) is 10.1 Å². The highest BCUT2D eigenvalue weighted by molar-refractivity contribution is 5.67. The lowest BCUT2D eigenvalue weighted by Gasteiger charge is -2.06. The number of aromatic nitrogens is 2. The Balaban J connectivity index is 2.04. The van der Waals surface area contributed by atoms with Crippen molar-refractivity contribution in [3.05, 3.63) is 52.3 Å². The second-order valence-electron chi connectivity index (χ2n) is 3.88. The largest absolute Gasteiger partial charge is 0.378 e. The Morgan fingerprint density at radius 1 is 1.26 bits per heavy atom. The van der Waals surface area contributed by atoms with Gasteiger partial charge >= 0.3 is 5.69 Å². The minimum atomic E-state index is -0.583. The Hall–Kier alpha value is -2.70. The summed E-state index contributed by atoms with van der Waals surface area (Å²) >= 11 is 0. The highest BCUT2D eigenvalue weighted by Crippen LogP contribution is 2.25. The van der Waals surface area contributed by atoms with Gasteiger partial charge in [0.15, 0.2) is 0 Å². The number of hydrogen-bond acceptors (Lipinski definition) is 6. The van der Waals surface area contributed by atoms with Gasteiger partial charge in [-0.05, 0) is 12.0 Å². The first kappa shape index (κ1) is 12.7. The van der Waals surface area contributed by atoms with Crippen molar-refractivity contribution in [2.24, 2.45) is 0 Å². The number of rotatable bonds is 5. The number of nitrogens with one attached hydrogen (secondary N) is 1. The van der Waals surface area contributed by atoms with E-state index in [1.54, 1.807) is 0 Å². The fourth-order valence-electron chi connectivity index (χ4n) is 1.67. The molecule has 0 radical (unpaired) electrons. The fraction of sp³-hybridized carbons (Fsp3) is 0.167. The van der Waals surface area contributed by atoms with Gasteiger partial charge in [-0.15, -0.1) is 0 Å². The summed E-state index contributed by atoms with van der Waals surface area (Å²) in [7, 11) is 0. The molecule has 0 atom stereocenters. The predicted octanol–water partition coefficient (Wildman–Crippen LogP) is 1.62. The quantitative estimate of drug-likeness (QED) is 0.624. The molecular weight excluding hydrogens is 246 g/mol. The summed E-state index contributed by atoms with van der Waals surface area (Å²) in [6.45, 7) is 0.529. The Labute approximate surface area is 109 Å². The second-order valence-corrected chi connectivity index (χ2v) is 3.88. The Bertz CT molecular complexity index is 574.